The highest BCUT2D eigenvalue weighted by molar-refractivity contribution is 5.96. The van der Waals surface area contributed by atoms with E-state index in [0.717, 1.165) is 30.6 Å². The van der Waals surface area contributed by atoms with Crippen LogP contribution in [-0.4, -0.2) is 32.8 Å². The quantitative estimate of drug-likeness (QED) is 0.774. The number of hydrazine groups is 1. The maximum absolute atomic E-state index is 12.4. The average Bonchev–Trinajstić information content (AvgIpc) is 3.19. The van der Waals surface area contributed by atoms with Gasteiger partial charge in [-0.1, -0.05) is 25.5 Å². The van der Waals surface area contributed by atoms with E-state index in [1.165, 1.54) is 6.33 Å². The Morgan fingerprint density at radius 3 is 3.05 bits per heavy atom. The summed E-state index contributed by atoms with van der Waals surface area (Å²) in [5.74, 6) is -0.0429. The number of nitrogens with zero attached hydrogens (tertiary/aromatic N) is 3. The monoisotopic (exact) mass is 300 g/mol. The zero-order chi connectivity index (χ0) is 15.4. The molecule has 0 bridgehead atoms. The van der Waals surface area contributed by atoms with Crippen LogP contribution < -0.4 is 16.2 Å². The Bertz CT molecular complexity index is 627. The van der Waals surface area contributed by atoms with E-state index in [9.17, 15) is 4.79 Å². The van der Waals surface area contributed by atoms with Crippen molar-refractivity contribution in [2.24, 2.45) is 0 Å². The zero-order valence-electron chi connectivity index (χ0n) is 12.5. The Balaban J connectivity index is 1.70. The standard InChI is InChI=1S/C15H20N6O/c1-2-5-11-8-13(20-19-11)15(22)18-12-6-3-4-7-14(12)21-10-16-9-17-21/h3-4,6-7,9-11,13,19-20H,2,5,8H2,1H3,(H,18,22). The van der Waals surface area contributed by atoms with Crippen LogP contribution in [0.25, 0.3) is 5.69 Å². The minimum atomic E-state index is -0.222. The molecular formula is C15H20N6O. The van der Waals surface area contributed by atoms with Crippen molar-refractivity contribution in [3.8, 4) is 5.69 Å². The van der Waals surface area contributed by atoms with Gasteiger partial charge < -0.3 is 5.32 Å². The summed E-state index contributed by atoms with van der Waals surface area (Å²) in [7, 11) is 0. The minimum Gasteiger partial charge on any atom is -0.323 e. The zero-order valence-corrected chi connectivity index (χ0v) is 12.5. The second-order valence-corrected chi connectivity index (χ2v) is 5.41. The Morgan fingerprint density at radius 1 is 1.41 bits per heavy atom. The van der Waals surface area contributed by atoms with Crippen LogP contribution in [0.3, 0.4) is 0 Å². The third-order valence-electron chi connectivity index (χ3n) is 3.76. The SMILES string of the molecule is CCCC1CC(C(=O)Nc2ccccc2-n2cncn2)NN1. The van der Waals surface area contributed by atoms with Gasteiger partial charge in [-0.2, -0.15) is 5.10 Å². The highest BCUT2D eigenvalue weighted by Crippen LogP contribution is 2.20. The molecule has 1 aromatic heterocycles. The molecule has 7 heteroatoms. The lowest BCUT2D eigenvalue weighted by Crippen LogP contribution is -2.40. The second kappa shape index (κ2) is 6.67. The van der Waals surface area contributed by atoms with Crippen molar-refractivity contribution in [1.82, 2.24) is 25.6 Å². The molecule has 0 spiro atoms. The van der Waals surface area contributed by atoms with E-state index < -0.39 is 0 Å². The number of aromatic nitrogens is 3. The van der Waals surface area contributed by atoms with E-state index in [1.807, 2.05) is 24.3 Å². The molecule has 22 heavy (non-hydrogen) atoms. The summed E-state index contributed by atoms with van der Waals surface area (Å²) in [4.78, 5) is 16.4. The van der Waals surface area contributed by atoms with E-state index in [4.69, 9.17) is 0 Å². The first-order valence-corrected chi connectivity index (χ1v) is 7.54. The number of carbonyl (C=O) groups is 1. The maximum atomic E-state index is 12.4. The molecule has 1 fully saturated rings. The largest absolute Gasteiger partial charge is 0.323 e. The van der Waals surface area contributed by atoms with Crippen LogP contribution in [0.15, 0.2) is 36.9 Å². The Morgan fingerprint density at radius 2 is 2.27 bits per heavy atom. The molecule has 7 nitrogen and oxygen atoms in total. The molecule has 2 unspecified atom stereocenters. The highest BCUT2D eigenvalue weighted by Gasteiger charge is 2.28. The van der Waals surface area contributed by atoms with Gasteiger partial charge >= 0.3 is 0 Å². The van der Waals surface area contributed by atoms with Crippen LogP contribution in [0, 0.1) is 0 Å². The fraction of sp³-hybridized carbons (Fsp3) is 0.400. The molecule has 116 valence electrons. The van der Waals surface area contributed by atoms with E-state index in [1.54, 1.807) is 11.0 Å². The summed E-state index contributed by atoms with van der Waals surface area (Å²) in [6.07, 6.45) is 6.04. The molecule has 2 aromatic rings. The Kier molecular flexibility index (Phi) is 4.45. The van der Waals surface area contributed by atoms with Gasteiger partial charge in [0.05, 0.1) is 11.4 Å². The molecule has 0 aliphatic carbocycles. The first-order chi connectivity index (χ1) is 10.8. The van der Waals surface area contributed by atoms with Gasteiger partial charge in [0, 0.05) is 6.04 Å². The fourth-order valence-electron chi connectivity index (χ4n) is 2.66. The van der Waals surface area contributed by atoms with Crippen LogP contribution in [0.5, 0.6) is 0 Å². The number of carbonyl (C=O) groups excluding carboxylic acids is 1. The molecule has 1 aliphatic heterocycles. The summed E-state index contributed by atoms with van der Waals surface area (Å²) in [6, 6.07) is 7.67. The van der Waals surface area contributed by atoms with Gasteiger partial charge in [-0.3, -0.25) is 10.2 Å². The fourth-order valence-corrected chi connectivity index (χ4v) is 2.66. The molecule has 1 saturated heterocycles. The first kappa shape index (κ1) is 14.7. The normalized spacial score (nSPS) is 21.0. The van der Waals surface area contributed by atoms with Gasteiger partial charge in [-0.25, -0.2) is 15.1 Å². The summed E-state index contributed by atoms with van der Waals surface area (Å²) in [5, 5.41) is 7.09. The molecule has 3 rings (SSSR count). The average molecular weight is 300 g/mol. The van der Waals surface area contributed by atoms with Crippen molar-refractivity contribution in [1.29, 1.82) is 0 Å². The molecule has 1 aliphatic rings. The predicted molar refractivity (Wildman–Crippen MR) is 83.4 cm³/mol. The van der Waals surface area contributed by atoms with E-state index >= 15 is 0 Å². The maximum Gasteiger partial charge on any atom is 0.242 e. The lowest BCUT2D eigenvalue weighted by atomic mass is 10.1. The van der Waals surface area contributed by atoms with E-state index in [0.29, 0.717) is 6.04 Å². The number of hydrogen-bond acceptors (Lipinski definition) is 5. The van der Waals surface area contributed by atoms with E-state index in [2.05, 4.69) is 33.2 Å². The van der Waals surface area contributed by atoms with Gasteiger partial charge in [0.25, 0.3) is 0 Å². The van der Waals surface area contributed by atoms with Crippen molar-refractivity contribution >= 4 is 11.6 Å². The Labute approximate surface area is 129 Å². The number of anilines is 1. The van der Waals surface area contributed by atoms with Crippen molar-refractivity contribution < 1.29 is 4.79 Å². The highest BCUT2D eigenvalue weighted by atomic mass is 16.2. The van der Waals surface area contributed by atoms with Gasteiger partial charge in [0.15, 0.2) is 0 Å². The third kappa shape index (κ3) is 3.15. The molecule has 0 saturated carbocycles. The number of amides is 1. The molecule has 2 heterocycles. The molecule has 2 atom stereocenters. The van der Waals surface area contributed by atoms with Gasteiger partial charge in [0.1, 0.15) is 18.7 Å². The third-order valence-corrected chi connectivity index (χ3v) is 3.76. The first-order valence-electron chi connectivity index (χ1n) is 7.54. The summed E-state index contributed by atoms with van der Waals surface area (Å²) in [6.45, 7) is 2.14. The number of hydrogen-bond donors (Lipinski definition) is 3. The molecule has 3 N–H and O–H groups in total. The van der Waals surface area contributed by atoms with Gasteiger partial charge in [-0.15, -0.1) is 0 Å². The topological polar surface area (TPSA) is 83.9 Å². The lowest BCUT2D eigenvalue weighted by molar-refractivity contribution is -0.117. The Hall–Kier alpha value is -2.25. The van der Waals surface area contributed by atoms with Crippen LogP contribution in [-0.2, 0) is 4.79 Å². The number of rotatable bonds is 5. The van der Waals surface area contributed by atoms with Crippen LogP contribution >= 0.6 is 0 Å². The van der Waals surface area contributed by atoms with Gasteiger partial charge in [-0.05, 0) is 25.0 Å². The lowest BCUT2D eigenvalue weighted by Gasteiger charge is -2.13. The minimum absolute atomic E-state index is 0.0429. The summed E-state index contributed by atoms with van der Waals surface area (Å²) in [5.41, 5.74) is 7.76. The summed E-state index contributed by atoms with van der Waals surface area (Å²) >= 11 is 0. The van der Waals surface area contributed by atoms with Crippen molar-refractivity contribution in [2.75, 3.05) is 5.32 Å². The predicted octanol–water partition coefficient (Wildman–Crippen LogP) is 1.24. The van der Waals surface area contributed by atoms with Crippen LogP contribution in [0.4, 0.5) is 5.69 Å². The number of nitrogens with one attached hydrogen (secondary N) is 3. The van der Waals surface area contributed by atoms with Crippen molar-refractivity contribution in [3.63, 3.8) is 0 Å². The van der Waals surface area contributed by atoms with Crippen LogP contribution in [0.2, 0.25) is 0 Å². The van der Waals surface area contributed by atoms with Crippen molar-refractivity contribution in [3.05, 3.63) is 36.9 Å². The smallest absolute Gasteiger partial charge is 0.242 e. The molecule has 1 amide bonds. The molecule has 0 radical (unpaired) electrons. The summed E-state index contributed by atoms with van der Waals surface area (Å²) < 4.78 is 1.63. The van der Waals surface area contributed by atoms with Crippen molar-refractivity contribution in [2.45, 2.75) is 38.3 Å². The second-order valence-electron chi connectivity index (χ2n) is 5.41. The molecular weight excluding hydrogens is 280 g/mol. The number of para-hydroxylation sites is 2. The van der Waals surface area contributed by atoms with Gasteiger partial charge in [0.2, 0.25) is 5.91 Å². The number of benzene rings is 1. The molecule has 1 aromatic carbocycles. The van der Waals surface area contributed by atoms with Crippen LogP contribution in [0.1, 0.15) is 26.2 Å². The van der Waals surface area contributed by atoms with E-state index in [-0.39, 0.29) is 11.9 Å².